The average molecular weight is 265 g/mol. The van der Waals surface area contributed by atoms with E-state index in [0.717, 1.165) is 21.8 Å². The van der Waals surface area contributed by atoms with Gasteiger partial charge in [0.05, 0.1) is 29.0 Å². The van der Waals surface area contributed by atoms with Gasteiger partial charge in [0, 0.05) is 11.1 Å². The number of hydrogen-bond donors (Lipinski definition) is 1. The number of pyridine rings is 1. The Morgan fingerprint density at radius 3 is 2.89 bits per heavy atom. The Kier molecular flexibility index (Phi) is 3.66. The van der Waals surface area contributed by atoms with Crippen molar-refractivity contribution in [3.05, 3.63) is 45.4 Å². The molecule has 0 spiro atoms. The lowest BCUT2D eigenvalue weighted by Gasteiger charge is -2.04. The number of aryl methyl sites for hydroxylation is 2. The SMILES string of the molecule is Cc1nc(C)c(CNC(=O)c2ccncc2F)s1. The van der Waals surface area contributed by atoms with Crippen molar-refractivity contribution >= 4 is 17.2 Å². The van der Waals surface area contributed by atoms with Gasteiger partial charge in [0.1, 0.15) is 0 Å². The molecule has 0 aliphatic carbocycles. The number of rotatable bonds is 3. The van der Waals surface area contributed by atoms with Crippen LogP contribution in [-0.4, -0.2) is 15.9 Å². The van der Waals surface area contributed by atoms with E-state index in [1.54, 1.807) is 0 Å². The van der Waals surface area contributed by atoms with E-state index in [1.165, 1.54) is 23.6 Å². The molecule has 1 N–H and O–H groups in total. The normalized spacial score (nSPS) is 10.4. The zero-order chi connectivity index (χ0) is 13.1. The van der Waals surface area contributed by atoms with Crippen molar-refractivity contribution < 1.29 is 9.18 Å². The summed E-state index contributed by atoms with van der Waals surface area (Å²) in [6.07, 6.45) is 2.41. The van der Waals surface area contributed by atoms with Crippen molar-refractivity contribution in [1.82, 2.24) is 15.3 Å². The van der Waals surface area contributed by atoms with Gasteiger partial charge in [-0.2, -0.15) is 0 Å². The van der Waals surface area contributed by atoms with Gasteiger partial charge in [0.15, 0.2) is 5.82 Å². The quantitative estimate of drug-likeness (QED) is 0.925. The summed E-state index contributed by atoms with van der Waals surface area (Å²) in [7, 11) is 0. The van der Waals surface area contributed by atoms with Crippen LogP contribution in [-0.2, 0) is 6.54 Å². The highest BCUT2D eigenvalue weighted by Crippen LogP contribution is 2.16. The van der Waals surface area contributed by atoms with Crippen LogP contribution in [0.2, 0.25) is 0 Å². The number of hydrogen-bond acceptors (Lipinski definition) is 4. The lowest BCUT2D eigenvalue weighted by atomic mass is 10.2. The van der Waals surface area contributed by atoms with E-state index in [1.807, 2.05) is 13.8 Å². The third-order valence-electron chi connectivity index (χ3n) is 2.43. The second-order valence-corrected chi connectivity index (χ2v) is 5.07. The molecule has 0 aliphatic rings. The maximum atomic E-state index is 13.3. The molecule has 18 heavy (non-hydrogen) atoms. The third kappa shape index (κ3) is 2.70. The predicted octanol–water partition coefficient (Wildman–Crippen LogP) is 2.22. The van der Waals surface area contributed by atoms with Crippen molar-refractivity contribution in [3.8, 4) is 0 Å². The van der Waals surface area contributed by atoms with Crippen LogP contribution in [0, 0.1) is 19.7 Å². The Morgan fingerprint density at radius 1 is 1.50 bits per heavy atom. The zero-order valence-corrected chi connectivity index (χ0v) is 10.8. The number of amides is 1. The smallest absolute Gasteiger partial charge is 0.254 e. The molecule has 2 heterocycles. The van der Waals surface area contributed by atoms with Crippen LogP contribution in [0.3, 0.4) is 0 Å². The van der Waals surface area contributed by atoms with E-state index in [0.29, 0.717) is 6.54 Å². The van der Waals surface area contributed by atoms with E-state index in [4.69, 9.17) is 0 Å². The monoisotopic (exact) mass is 265 g/mol. The molecule has 0 aliphatic heterocycles. The van der Waals surface area contributed by atoms with Crippen molar-refractivity contribution in [1.29, 1.82) is 0 Å². The summed E-state index contributed by atoms with van der Waals surface area (Å²) in [5.41, 5.74) is 0.900. The van der Waals surface area contributed by atoms with Crippen LogP contribution in [0.25, 0.3) is 0 Å². The summed E-state index contributed by atoms with van der Waals surface area (Å²) in [4.78, 5) is 20.6. The van der Waals surface area contributed by atoms with Gasteiger partial charge in [-0.1, -0.05) is 0 Å². The van der Waals surface area contributed by atoms with Crippen LogP contribution >= 0.6 is 11.3 Å². The first-order valence-corrected chi connectivity index (χ1v) is 6.20. The van der Waals surface area contributed by atoms with Gasteiger partial charge in [-0.15, -0.1) is 11.3 Å². The highest BCUT2D eigenvalue weighted by atomic mass is 32.1. The van der Waals surface area contributed by atoms with Gasteiger partial charge < -0.3 is 5.32 Å². The number of nitrogens with zero attached hydrogens (tertiary/aromatic N) is 2. The Labute approximate surface area is 108 Å². The first-order chi connectivity index (χ1) is 8.58. The highest BCUT2D eigenvalue weighted by molar-refractivity contribution is 7.11. The molecule has 2 aromatic rings. The second-order valence-electron chi connectivity index (χ2n) is 3.78. The Morgan fingerprint density at radius 2 is 2.28 bits per heavy atom. The minimum Gasteiger partial charge on any atom is -0.347 e. The maximum absolute atomic E-state index is 13.3. The van der Waals surface area contributed by atoms with Gasteiger partial charge in [-0.3, -0.25) is 9.78 Å². The van der Waals surface area contributed by atoms with E-state index in [2.05, 4.69) is 15.3 Å². The Balaban J connectivity index is 2.05. The summed E-state index contributed by atoms with van der Waals surface area (Å²) in [5.74, 6) is -1.06. The van der Waals surface area contributed by atoms with Crippen LogP contribution in [0.4, 0.5) is 4.39 Å². The lowest BCUT2D eigenvalue weighted by molar-refractivity contribution is 0.0947. The predicted molar refractivity (Wildman–Crippen MR) is 67.0 cm³/mol. The van der Waals surface area contributed by atoms with Crippen molar-refractivity contribution in [2.75, 3.05) is 0 Å². The molecular formula is C12H12FN3OS. The van der Waals surface area contributed by atoms with Gasteiger partial charge in [-0.25, -0.2) is 9.37 Å². The summed E-state index contributed by atoms with van der Waals surface area (Å²) < 4.78 is 13.3. The van der Waals surface area contributed by atoms with Gasteiger partial charge >= 0.3 is 0 Å². The van der Waals surface area contributed by atoms with Crippen molar-refractivity contribution in [2.45, 2.75) is 20.4 Å². The van der Waals surface area contributed by atoms with E-state index >= 15 is 0 Å². The minimum absolute atomic E-state index is 0.00360. The molecule has 0 atom stereocenters. The summed E-state index contributed by atoms with van der Waals surface area (Å²) in [6.45, 7) is 4.15. The molecule has 2 aromatic heterocycles. The number of carbonyl (C=O) groups is 1. The highest BCUT2D eigenvalue weighted by Gasteiger charge is 2.12. The number of thiazole rings is 1. The Bertz CT molecular complexity index is 582. The standard InChI is InChI=1S/C12H12FN3OS/c1-7-11(18-8(2)16-7)6-15-12(17)9-3-4-14-5-10(9)13/h3-5H,6H2,1-2H3,(H,15,17). The molecule has 6 heteroatoms. The third-order valence-corrected chi connectivity index (χ3v) is 3.50. The van der Waals surface area contributed by atoms with E-state index in [-0.39, 0.29) is 5.56 Å². The fourth-order valence-corrected chi connectivity index (χ4v) is 2.43. The molecule has 1 amide bonds. The van der Waals surface area contributed by atoms with Crippen molar-refractivity contribution in [3.63, 3.8) is 0 Å². The van der Waals surface area contributed by atoms with Crippen LogP contribution in [0.15, 0.2) is 18.5 Å². The summed E-state index contributed by atoms with van der Waals surface area (Å²) in [6, 6.07) is 1.36. The fraction of sp³-hybridized carbons (Fsp3) is 0.250. The van der Waals surface area contributed by atoms with E-state index < -0.39 is 11.7 Å². The topological polar surface area (TPSA) is 54.9 Å². The van der Waals surface area contributed by atoms with Gasteiger partial charge in [-0.05, 0) is 19.9 Å². The second kappa shape index (κ2) is 5.22. The van der Waals surface area contributed by atoms with Crippen LogP contribution in [0.1, 0.15) is 25.9 Å². The first-order valence-electron chi connectivity index (χ1n) is 5.38. The molecule has 0 saturated heterocycles. The van der Waals surface area contributed by atoms with E-state index in [9.17, 15) is 9.18 Å². The number of nitrogens with one attached hydrogen (secondary N) is 1. The molecule has 94 valence electrons. The molecule has 4 nitrogen and oxygen atoms in total. The maximum Gasteiger partial charge on any atom is 0.254 e. The van der Waals surface area contributed by atoms with Crippen LogP contribution < -0.4 is 5.32 Å². The fourth-order valence-electron chi connectivity index (χ4n) is 1.55. The molecule has 0 radical (unpaired) electrons. The van der Waals surface area contributed by atoms with Gasteiger partial charge in [0.2, 0.25) is 0 Å². The minimum atomic E-state index is -0.618. The average Bonchev–Trinajstić information content (AvgIpc) is 2.65. The molecule has 0 fully saturated rings. The van der Waals surface area contributed by atoms with Crippen LogP contribution in [0.5, 0.6) is 0 Å². The number of carbonyl (C=O) groups excluding carboxylic acids is 1. The summed E-state index contributed by atoms with van der Waals surface area (Å²) >= 11 is 1.52. The van der Waals surface area contributed by atoms with Gasteiger partial charge in [0.25, 0.3) is 5.91 Å². The molecule has 0 aromatic carbocycles. The molecular weight excluding hydrogens is 253 g/mol. The molecule has 2 rings (SSSR count). The van der Waals surface area contributed by atoms with Crippen molar-refractivity contribution in [2.24, 2.45) is 0 Å². The Hall–Kier alpha value is -1.82. The largest absolute Gasteiger partial charge is 0.347 e. The summed E-state index contributed by atoms with van der Waals surface area (Å²) in [5, 5.41) is 3.62. The number of aromatic nitrogens is 2. The molecule has 0 unspecified atom stereocenters. The molecule has 0 bridgehead atoms. The first kappa shape index (κ1) is 12.6. The molecule has 0 saturated carbocycles. The zero-order valence-electron chi connectivity index (χ0n) is 10.0. The lowest BCUT2D eigenvalue weighted by Crippen LogP contribution is -2.23. The number of halogens is 1.